The first-order chi connectivity index (χ1) is 13.0. The Morgan fingerprint density at radius 1 is 1.19 bits per heavy atom. The number of halogens is 2. The zero-order chi connectivity index (χ0) is 19.4. The van der Waals surface area contributed by atoms with Crippen LogP contribution in [0.1, 0.15) is 43.0 Å². The monoisotopic (exact) mass is 381 g/mol. The highest BCUT2D eigenvalue weighted by atomic mass is 19.1. The number of fused-ring (bicyclic) bond motifs is 2. The summed E-state index contributed by atoms with van der Waals surface area (Å²) >= 11 is 0. The maximum Gasteiger partial charge on any atom is 0.410 e. The summed E-state index contributed by atoms with van der Waals surface area (Å²) in [6.45, 7) is 3.06. The van der Waals surface area contributed by atoms with Gasteiger partial charge in [0.15, 0.2) is 0 Å². The Morgan fingerprint density at radius 2 is 1.89 bits per heavy atom. The molecule has 1 aromatic carbocycles. The molecule has 6 nitrogen and oxygen atoms in total. The van der Waals surface area contributed by atoms with E-state index in [0.717, 1.165) is 37.8 Å². The molecule has 2 aliphatic heterocycles. The van der Waals surface area contributed by atoms with E-state index in [4.69, 9.17) is 4.74 Å². The van der Waals surface area contributed by atoms with Crippen LogP contribution < -0.4 is 10.6 Å². The number of hydrogen-bond acceptors (Lipinski definition) is 4. The van der Waals surface area contributed by atoms with Gasteiger partial charge >= 0.3 is 6.09 Å². The predicted octanol–water partition coefficient (Wildman–Crippen LogP) is 2.44. The van der Waals surface area contributed by atoms with Crippen LogP contribution in [0.5, 0.6) is 0 Å². The summed E-state index contributed by atoms with van der Waals surface area (Å²) < 4.78 is 31.6. The molecule has 148 valence electrons. The second-order valence-electron chi connectivity index (χ2n) is 6.99. The lowest BCUT2D eigenvalue weighted by Gasteiger charge is -2.38. The number of rotatable bonds is 6. The minimum absolute atomic E-state index is 0.169. The summed E-state index contributed by atoms with van der Waals surface area (Å²) in [6, 6.07) is 3.55. The van der Waals surface area contributed by atoms with Crippen LogP contribution in [0.4, 0.5) is 13.6 Å². The summed E-state index contributed by atoms with van der Waals surface area (Å²) in [4.78, 5) is 25.9. The lowest BCUT2D eigenvalue weighted by Crippen LogP contribution is -2.52. The molecule has 3 rings (SSSR count). The van der Waals surface area contributed by atoms with Gasteiger partial charge in [0.2, 0.25) is 0 Å². The van der Waals surface area contributed by atoms with Crippen LogP contribution in [0.2, 0.25) is 0 Å². The molecule has 0 aliphatic carbocycles. The molecule has 0 aromatic heterocycles. The Labute approximate surface area is 157 Å². The summed E-state index contributed by atoms with van der Waals surface area (Å²) in [6.07, 6.45) is 3.47. The second-order valence-corrected chi connectivity index (χ2v) is 6.99. The third kappa shape index (κ3) is 4.55. The Morgan fingerprint density at radius 3 is 2.52 bits per heavy atom. The van der Waals surface area contributed by atoms with Gasteiger partial charge in [0, 0.05) is 37.3 Å². The first kappa shape index (κ1) is 19.5. The van der Waals surface area contributed by atoms with E-state index in [1.165, 1.54) is 0 Å². The number of nitrogens with one attached hydrogen (secondary N) is 2. The fraction of sp³-hybridized carbons (Fsp3) is 0.579. The molecule has 2 N–H and O–H groups in total. The van der Waals surface area contributed by atoms with E-state index in [0.29, 0.717) is 25.8 Å². The van der Waals surface area contributed by atoms with E-state index in [9.17, 15) is 18.4 Å². The molecule has 2 amide bonds. The fourth-order valence-electron chi connectivity index (χ4n) is 4.06. The Bertz CT molecular complexity index is 687. The quantitative estimate of drug-likeness (QED) is 0.743. The highest BCUT2D eigenvalue weighted by molar-refractivity contribution is 5.94. The SMILES string of the molecule is CCOC(=O)N1C2CCC1CC(NCCNC(=O)c1ccc(F)cc1F)C2. The molecule has 2 atom stereocenters. The fourth-order valence-corrected chi connectivity index (χ4v) is 4.06. The number of benzene rings is 1. The molecular weight excluding hydrogens is 356 g/mol. The molecule has 2 fully saturated rings. The first-order valence-corrected chi connectivity index (χ1v) is 9.41. The van der Waals surface area contributed by atoms with E-state index >= 15 is 0 Å². The number of hydrogen-bond donors (Lipinski definition) is 2. The molecule has 0 spiro atoms. The molecule has 0 radical (unpaired) electrons. The van der Waals surface area contributed by atoms with Crippen molar-refractivity contribution in [3.05, 3.63) is 35.4 Å². The van der Waals surface area contributed by atoms with E-state index in [2.05, 4.69) is 10.6 Å². The largest absolute Gasteiger partial charge is 0.450 e. The number of nitrogens with zero attached hydrogens (tertiary/aromatic N) is 1. The molecule has 0 saturated carbocycles. The molecule has 2 aliphatic rings. The van der Waals surface area contributed by atoms with Crippen molar-refractivity contribution in [3.8, 4) is 0 Å². The van der Waals surface area contributed by atoms with Crippen LogP contribution in [0.25, 0.3) is 0 Å². The third-order valence-corrected chi connectivity index (χ3v) is 5.23. The average Bonchev–Trinajstić information content (AvgIpc) is 2.89. The molecule has 8 heteroatoms. The molecule has 2 bridgehead atoms. The average molecular weight is 381 g/mol. The topological polar surface area (TPSA) is 70.7 Å². The number of carbonyl (C=O) groups is 2. The van der Waals surface area contributed by atoms with Gasteiger partial charge in [0.1, 0.15) is 11.6 Å². The van der Waals surface area contributed by atoms with Gasteiger partial charge in [-0.3, -0.25) is 4.79 Å². The van der Waals surface area contributed by atoms with Crippen molar-refractivity contribution in [1.82, 2.24) is 15.5 Å². The highest BCUT2D eigenvalue weighted by Gasteiger charge is 2.43. The number of piperidine rings is 1. The molecule has 2 heterocycles. The maximum atomic E-state index is 13.6. The third-order valence-electron chi connectivity index (χ3n) is 5.23. The Kier molecular flexibility index (Phi) is 6.26. The van der Waals surface area contributed by atoms with Crippen LogP contribution in [0.3, 0.4) is 0 Å². The van der Waals surface area contributed by atoms with Gasteiger partial charge in [0.05, 0.1) is 12.2 Å². The summed E-state index contributed by atoms with van der Waals surface area (Å²) in [5, 5.41) is 6.03. The number of ether oxygens (including phenoxy) is 1. The minimum Gasteiger partial charge on any atom is -0.450 e. The van der Waals surface area contributed by atoms with Gasteiger partial charge in [-0.2, -0.15) is 0 Å². The van der Waals surface area contributed by atoms with Crippen molar-refractivity contribution < 1.29 is 23.1 Å². The normalized spacial score (nSPS) is 24.0. The Hall–Kier alpha value is -2.22. The van der Waals surface area contributed by atoms with Gasteiger partial charge in [-0.1, -0.05) is 0 Å². The van der Waals surface area contributed by atoms with Gasteiger partial charge in [0.25, 0.3) is 5.91 Å². The zero-order valence-electron chi connectivity index (χ0n) is 15.3. The minimum atomic E-state index is -0.872. The first-order valence-electron chi connectivity index (χ1n) is 9.41. The van der Waals surface area contributed by atoms with Crippen molar-refractivity contribution in [1.29, 1.82) is 0 Å². The van der Waals surface area contributed by atoms with Crippen molar-refractivity contribution in [2.24, 2.45) is 0 Å². The van der Waals surface area contributed by atoms with E-state index in [1.807, 2.05) is 4.90 Å². The van der Waals surface area contributed by atoms with E-state index in [1.54, 1.807) is 6.92 Å². The second kappa shape index (κ2) is 8.65. The van der Waals surface area contributed by atoms with Crippen LogP contribution in [-0.4, -0.2) is 54.7 Å². The van der Waals surface area contributed by atoms with E-state index < -0.39 is 17.5 Å². The zero-order valence-corrected chi connectivity index (χ0v) is 15.3. The van der Waals surface area contributed by atoms with Gasteiger partial charge in [-0.15, -0.1) is 0 Å². The smallest absolute Gasteiger partial charge is 0.410 e. The van der Waals surface area contributed by atoms with Gasteiger partial charge < -0.3 is 20.3 Å². The number of amides is 2. The van der Waals surface area contributed by atoms with Crippen molar-refractivity contribution in [3.63, 3.8) is 0 Å². The van der Waals surface area contributed by atoms with Crippen molar-refractivity contribution in [2.45, 2.75) is 50.7 Å². The maximum absolute atomic E-state index is 13.6. The summed E-state index contributed by atoms with van der Waals surface area (Å²) in [5.74, 6) is -2.15. The van der Waals surface area contributed by atoms with Gasteiger partial charge in [-0.25, -0.2) is 13.6 Å². The van der Waals surface area contributed by atoms with Crippen molar-refractivity contribution >= 4 is 12.0 Å². The van der Waals surface area contributed by atoms with Crippen molar-refractivity contribution in [2.75, 3.05) is 19.7 Å². The molecule has 2 saturated heterocycles. The van der Waals surface area contributed by atoms with E-state index in [-0.39, 0.29) is 29.8 Å². The Balaban J connectivity index is 1.42. The lowest BCUT2D eigenvalue weighted by atomic mass is 9.98. The molecule has 1 aromatic rings. The molecule has 2 unspecified atom stereocenters. The highest BCUT2D eigenvalue weighted by Crippen LogP contribution is 2.36. The predicted molar refractivity (Wildman–Crippen MR) is 95.4 cm³/mol. The molecular formula is C19H25F2N3O3. The summed E-state index contributed by atoms with van der Waals surface area (Å²) in [5.41, 5.74) is -0.169. The number of carbonyl (C=O) groups excluding carboxylic acids is 2. The standard InChI is InChI=1S/C19H25F2N3O3/c1-2-27-19(26)24-14-4-5-15(24)11-13(10-14)22-7-8-23-18(25)16-6-3-12(20)9-17(16)21/h3,6,9,13-15,22H,2,4-5,7-8,10-11H2,1H3,(H,23,25). The van der Waals surface area contributed by atoms with Crippen LogP contribution >= 0.6 is 0 Å². The van der Waals surface area contributed by atoms with Gasteiger partial charge in [-0.05, 0) is 44.7 Å². The van der Waals surface area contributed by atoms with Crippen LogP contribution in [0, 0.1) is 11.6 Å². The van der Waals surface area contributed by atoms with Crippen LogP contribution in [0.15, 0.2) is 18.2 Å². The van der Waals surface area contributed by atoms with Crippen LogP contribution in [-0.2, 0) is 4.74 Å². The lowest BCUT2D eigenvalue weighted by molar-refractivity contribution is 0.0659. The molecule has 27 heavy (non-hydrogen) atoms. The summed E-state index contributed by atoms with van der Waals surface area (Å²) in [7, 11) is 0.